The van der Waals surface area contributed by atoms with Crippen LogP contribution in [0.25, 0.3) is 111 Å². The summed E-state index contributed by atoms with van der Waals surface area (Å²) in [6, 6.07) is 121. The Hall–Kier alpha value is -7.40. The van der Waals surface area contributed by atoms with Gasteiger partial charge in [-0.25, -0.2) is 0 Å². The molecule has 0 heterocycles. The van der Waals surface area contributed by atoms with Crippen molar-refractivity contribution in [3.05, 3.63) is 389 Å². The first kappa shape index (κ1) is 83.5. The third-order valence-electron chi connectivity index (χ3n) is 19.7. The molecule has 0 spiro atoms. The first-order chi connectivity index (χ1) is 53.3. The van der Waals surface area contributed by atoms with E-state index in [4.69, 9.17) is 0 Å². The minimum Gasteiger partial charge on any atom is -0.133 e. The van der Waals surface area contributed by atoms with E-state index in [-0.39, 0.29) is 0 Å². The maximum absolute atomic E-state index is 2.78. The lowest BCUT2D eigenvalue weighted by molar-refractivity contribution is 1.40. The van der Waals surface area contributed by atoms with Crippen LogP contribution in [0.1, 0.15) is 55.6 Å². The van der Waals surface area contributed by atoms with Gasteiger partial charge in [-0.15, -0.1) is 92.4 Å². The monoisotopic (exact) mass is 1610 g/mol. The Morgan fingerprint density at radius 2 is 0.436 bits per heavy atom. The van der Waals surface area contributed by atoms with Crippen molar-refractivity contribution in [2.45, 2.75) is 65.4 Å². The second-order valence-corrected chi connectivity index (χ2v) is 33.2. The summed E-state index contributed by atoms with van der Waals surface area (Å²) in [5.41, 5.74) is 38.7. The molecule has 10 atom stereocenters. The molecule has 0 saturated heterocycles. The summed E-state index contributed by atoms with van der Waals surface area (Å²) in [4.78, 5) is 0. The Morgan fingerprint density at radius 1 is 0.173 bits per heavy atom. The average Bonchev–Trinajstić information content (AvgIpc) is 0.813. The van der Waals surface area contributed by atoms with E-state index in [2.05, 4.69) is 461 Å². The lowest BCUT2D eigenvalue weighted by Crippen LogP contribution is -1.95. The van der Waals surface area contributed by atoms with E-state index in [0.29, 0.717) is 0 Å². The van der Waals surface area contributed by atoms with Crippen LogP contribution in [0.4, 0.5) is 0 Å². The molecule has 0 saturated carbocycles. The summed E-state index contributed by atoms with van der Waals surface area (Å²) < 4.78 is 0. The van der Waals surface area contributed by atoms with Gasteiger partial charge in [0.1, 0.15) is 0 Å². The second-order valence-electron chi connectivity index (χ2n) is 27.8. The van der Waals surface area contributed by atoms with Crippen molar-refractivity contribution in [1.29, 1.82) is 0 Å². The van der Waals surface area contributed by atoms with Crippen LogP contribution in [-0.2, 0) is 30.8 Å². The molecule has 0 fully saturated rings. The Labute approximate surface area is 679 Å². The molecule has 0 aliphatic carbocycles. The summed E-state index contributed by atoms with van der Waals surface area (Å²) in [6.07, 6.45) is 5.00. The van der Waals surface area contributed by atoms with Crippen molar-refractivity contribution in [1.82, 2.24) is 0 Å². The zero-order chi connectivity index (χ0) is 77.6. The number of benzene rings is 15. The molecule has 110 heavy (non-hydrogen) atoms. The van der Waals surface area contributed by atoms with Gasteiger partial charge in [0.05, 0.1) is 0 Å². The van der Waals surface area contributed by atoms with Gasteiger partial charge in [0, 0.05) is 0 Å². The lowest BCUT2D eigenvalue weighted by Gasteiger charge is -2.10. The third kappa shape index (κ3) is 23.4. The minimum absolute atomic E-state index is 1.00. The van der Waals surface area contributed by atoms with Crippen molar-refractivity contribution in [2.75, 3.05) is 0 Å². The van der Waals surface area contributed by atoms with Crippen LogP contribution in [0.3, 0.4) is 0 Å². The van der Waals surface area contributed by atoms with Crippen LogP contribution < -0.4 is 26.5 Å². The van der Waals surface area contributed by atoms with Crippen molar-refractivity contribution < 1.29 is 0 Å². The highest BCUT2D eigenvalue weighted by Crippen LogP contribution is 2.35. The minimum atomic E-state index is 1.00. The van der Waals surface area contributed by atoms with Crippen LogP contribution in [0.2, 0.25) is 0 Å². The number of hydrogen-bond donors (Lipinski definition) is 0. The van der Waals surface area contributed by atoms with Crippen LogP contribution in [-0.4, -0.2) is 0 Å². The van der Waals surface area contributed by atoms with Crippen LogP contribution >= 0.6 is 92.4 Å². The van der Waals surface area contributed by atoms with Crippen molar-refractivity contribution in [3.8, 4) is 111 Å². The highest BCUT2D eigenvalue weighted by molar-refractivity contribution is 7.28. The molecule has 15 aromatic rings. The second kappa shape index (κ2) is 41.4. The maximum atomic E-state index is 2.78. The highest BCUT2D eigenvalue weighted by Gasteiger charge is 2.12. The molecule has 15 aromatic carbocycles. The molecule has 0 radical (unpaired) electrons. The smallest absolute Gasteiger partial charge is 0.0128 e. The van der Waals surface area contributed by atoms with E-state index in [9.17, 15) is 0 Å². The number of rotatable bonds is 15. The van der Waals surface area contributed by atoms with Gasteiger partial charge >= 0.3 is 0 Å². The SMILES string of the molecule is Cc1cc(-c2ccc(P)cc2)cc(-c2ccc(CP)cc2)c1.Cc1cc(-c2cccc(-c3ccc(CP)cc3)c2)ccc1P.Cc1cc(P)ccc1-c1cccc(-c2ccc(CP)cc2)c1.Cc1ccc(-c2ccc(CP)cc2)cc1-c1ccc(P)cc1.Cc1ccc(-c2ccc(P)cc2)cc1-c1ccc(CP)cc1. The number of hydrogen-bond acceptors (Lipinski definition) is 0. The maximum Gasteiger partial charge on any atom is -0.0128 e. The third-order valence-corrected chi connectivity index (χ3v) is 24.3. The molecule has 0 aromatic heterocycles. The largest absolute Gasteiger partial charge is 0.133 e. The predicted octanol–water partition coefficient (Wildman–Crippen LogP) is 26.0. The molecule has 550 valence electrons. The Kier molecular flexibility index (Phi) is 31.4. The summed E-state index contributed by atoms with van der Waals surface area (Å²) in [5.74, 6) is 0. The lowest BCUT2D eigenvalue weighted by atomic mass is 9.95. The fraction of sp³-hybridized carbons (Fsp3) is 0.100. The van der Waals surface area contributed by atoms with Gasteiger partial charge in [-0.3, -0.25) is 0 Å². The topological polar surface area (TPSA) is 0 Å². The summed E-state index contributed by atoms with van der Waals surface area (Å²) in [5, 5.41) is 6.12. The predicted molar refractivity (Wildman–Crippen MR) is 524 cm³/mol. The highest BCUT2D eigenvalue weighted by atomic mass is 31.0. The molecule has 15 rings (SSSR count). The van der Waals surface area contributed by atoms with Crippen LogP contribution in [0, 0.1) is 34.6 Å². The molecular weight excluding hydrogens is 1510 g/mol. The fourth-order valence-electron chi connectivity index (χ4n) is 13.1. The summed E-state index contributed by atoms with van der Waals surface area (Å²) in [7, 11) is 27.6. The van der Waals surface area contributed by atoms with E-state index in [1.165, 1.54) is 193 Å². The first-order valence-corrected chi connectivity index (χ1v) is 44.1. The molecule has 0 nitrogen and oxygen atoms in total. The number of aryl methyl sites for hydroxylation is 5. The Bertz CT molecular complexity index is 5500. The summed E-state index contributed by atoms with van der Waals surface area (Å²) in [6.45, 7) is 10.8. The van der Waals surface area contributed by atoms with Gasteiger partial charge in [0.25, 0.3) is 0 Å². The van der Waals surface area contributed by atoms with E-state index < -0.39 is 0 Å². The van der Waals surface area contributed by atoms with Gasteiger partial charge in [-0.2, -0.15) is 0 Å². The van der Waals surface area contributed by atoms with Gasteiger partial charge < -0.3 is 0 Å². The standard InChI is InChI=1S/5C20H20P2/c1-14-2-5-18(16-8-10-19(22)11-9-16)12-20(14)17-6-3-15(13-21)4-7-17;1-14-2-5-18(16-6-3-15(13-21)4-7-16)12-20(14)17-8-10-19(22)11-9-17;1-14-10-18(16-4-2-15(13-21)3-5-16)12-19(11-14)17-6-8-20(22)9-7-17;1-14-11-19(22)9-10-20(14)18-4-2-3-17(12-18)16-7-5-15(13-21)6-8-16;1-14-11-19(9-10-20(14)22)18-4-2-3-17(12-18)16-7-5-15(13-21)6-8-16/h5*2-12H,13,21-22H2,1H3. The van der Waals surface area contributed by atoms with Crippen molar-refractivity contribution in [3.63, 3.8) is 0 Å². The van der Waals surface area contributed by atoms with Gasteiger partial charge in [0.2, 0.25) is 0 Å². The van der Waals surface area contributed by atoms with E-state index in [1.807, 2.05) is 0 Å². The van der Waals surface area contributed by atoms with Gasteiger partial charge in [-0.1, -0.05) is 303 Å². The van der Waals surface area contributed by atoms with Crippen molar-refractivity contribution in [2.24, 2.45) is 0 Å². The fourth-order valence-corrected chi connectivity index (χ4v) is 15.6. The first-order valence-electron chi connectivity index (χ1n) is 37.2. The Morgan fingerprint density at radius 3 is 0.791 bits per heavy atom. The van der Waals surface area contributed by atoms with Crippen molar-refractivity contribution >= 4 is 119 Å². The van der Waals surface area contributed by atoms with E-state index in [1.54, 1.807) is 0 Å². The zero-order valence-electron chi connectivity index (χ0n) is 63.6. The molecule has 0 bridgehead atoms. The Balaban J connectivity index is 0.000000136. The molecule has 0 aliphatic rings. The quantitative estimate of drug-likeness (QED) is 0.0898. The zero-order valence-corrected chi connectivity index (χ0v) is 75.1. The average molecular weight is 1610 g/mol. The molecule has 10 heteroatoms. The molecular formula is C100H100P10. The van der Waals surface area contributed by atoms with E-state index >= 15 is 0 Å². The van der Waals surface area contributed by atoms with Gasteiger partial charge in [0.15, 0.2) is 0 Å². The normalized spacial score (nSPS) is 10.7. The van der Waals surface area contributed by atoms with Gasteiger partial charge in [-0.05, 0) is 289 Å². The molecule has 10 unspecified atom stereocenters. The van der Waals surface area contributed by atoms with E-state index in [0.717, 1.165) is 30.8 Å². The summed E-state index contributed by atoms with van der Waals surface area (Å²) >= 11 is 0. The molecule has 0 amide bonds. The van der Waals surface area contributed by atoms with Crippen LogP contribution in [0.15, 0.2) is 334 Å². The molecule has 0 aliphatic heterocycles. The van der Waals surface area contributed by atoms with Crippen LogP contribution in [0.5, 0.6) is 0 Å². The molecule has 0 N–H and O–H groups in total.